The third-order valence-electron chi connectivity index (χ3n) is 6.62. The zero-order chi connectivity index (χ0) is 27.6. The number of aromatic nitrogens is 4. The van der Waals surface area contributed by atoms with E-state index >= 15 is 0 Å². The summed E-state index contributed by atoms with van der Waals surface area (Å²) >= 11 is 6.43. The lowest BCUT2D eigenvalue weighted by Gasteiger charge is -2.26. The topological polar surface area (TPSA) is 151 Å². The van der Waals surface area contributed by atoms with Gasteiger partial charge in [-0.2, -0.15) is 15.5 Å². The van der Waals surface area contributed by atoms with Crippen LogP contribution in [-0.4, -0.2) is 75.3 Å². The number of aliphatic imine (C=N–C) groups is 1. The summed E-state index contributed by atoms with van der Waals surface area (Å²) in [5.74, 6) is -0.560. The second-order valence-electron chi connectivity index (χ2n) is 9.29. The van der Waals surface area contributed by atoms with Crippen molar-refractivity contribution in [1.82, 2.24) is 40.8 Å². The van der Waals surface area contributed by atoms with Crippen molar-refractivity contribution < 1.29 is 19.1 Å². The Hall–Kier alpha value is -4.46. The summed E-state index contributed by atoms with van der Waals surface area (Å²) in [6, 6.07) is 6.94. The zero-order valence-corrected chi connectivity index (χ0v) is 22.2. The Morgan fingerprint density at radius 3 is 2.83 bits per heavy atom. The van der Waals surface area contributed by atoms with Crippen molar-refractivity contribution >= 4 is 46.2 Å². The van der Waals surface area contributed by atoms with Crippen LogP contribution in [0.15, 0.2) is 54.0 Å². The molecule has 0 radical (unpaired) electrons. The molecule has 14 heteroatoms. The van der Waals surface area contributed by atoms with E-state index < -0.39 is 12.1 Å². The summed E-state index contributed by atoms with van der Waals surface area (Å²) in [5, 5.41) is 8.02. The van der Waals surface area contributed by atoms with Crippen molar-refractivity contribution in [3.8, 4) is 11.1 Å². The normalized spacial score (nSPS) is 18.1. The van der Waals surface area contributed by atoms with Gasteiger partial charge in [0.15, 0.2) is 6.23 Å². The average Bonchev–Trinajstić information content (AvgIpc) is 3.72. The number of hydrogen-bond acceptors (Lipinski definition) is 8. The van der Waals surface area contributed by atoms with Gasteiger partial charge in [-0.1, -0.05) is 11.6 Å². The van der Waals surface area contributed by atoms with Crippen LogP contribution in [0.2, 0.25) is 5.02 Å². The van der Waals surface area contributed by atoms with Gasteiger partial charge >= 0.3 is 6.02 Å². The molecule has 1 atom stereocenters. The van der Waals surface area contributed by atoms with E-state index in [2.05, 4.69) is 36.2 Å². The van der Waals surface area contributed by atoms with Gasteiger partial charge in [0.1, 0.15) is 5.65 Å². The lowest BCUT2D eigenvalue weighted by atomic mass is 10.1. The predicted molar refractivity (Wildman–Crippen MR) is 147 cm³/mol. The SMILES string of the molecule is Cn1cc(-c2cnc3[nH]cc(C4NNC(=Nc5ccc(C(=O)NCC(=O)N6CCOCC6)cc5Cl)O4)c3c2)cn1. The zero-order valence-electron chi connectivity index (χ0n) is 21.5. The van der Waals surface area contributed by atoms with E-state index in [0.717, 1.165) is 27.7 Å². The first-order chi connectivity index (χ1) is 19.4. The first kappa shape index (κ1) is 25.8. The van der Waals surface area contributed by atoms with Gasteiger partial charge in [-0.3, -0.25) is 19.7 Å². The number of carbonyl (C=O) groups excluding carboxylic acids is 2. The first-order valence-corrected chi connectivity index (χ1v) is 13.0. The maximum atomic E-state index is 12.6. The summed E-state index contributed by atoms with van der Waals surface area (Å²) in [6.45, 7) is 1.94. The smallest absolute Gasteiger partial charge is 0.306 e. The Labute approximate surface area is 233 Å². The van der Waals surface area contributed by atoms with Crippen molar-refractivity contribution in [2.24, 2.45) is 12.0 Å². The van der Waals surface area contributed by atoms with Crippen LogP contribution >= 0.6 is 11.6 Å². The van der Waals surface area contributed by atoms with E-state index in [0.29, 0.717) is 37.6 Å². The minimum atomic E-state index is -0.536. The Balaban J connectivity index is 1.12. The highest BCUT2D eigenvalue weighted by Crippen LogP contribution is 2.31. The average molecular weight is 564 g/mol. The highest BCUT2D eigenvalue weighted by Gasteiger charge is 2.26. The molecule has 4 aromatic rings. The van der Waals surface area contributed by atoms with E-state index in [-0.39, 0.29) is 23.5 Å². The molecule has 2 aliphatic heterocycles. The number of halogens is 1. The van der Waals surface area contributed by atoms with Gasteiger partial charge in [-0.05, 0) is 24.3 Å². The number of aryl methyl sites for hydroxylation is 1. The maximum Gasteiger partial charge on any atom is 0.306 e. The fraction of sp³-hybridized carbons (Fsp3) is 0.269. The molecule has 206 valence electrons. The Kier molecular flexibility index (Phi) is 7.07. The lowest BCUT2D eigenvalue weighted by Crippen LogP contribution is -2.45. The number of nitrogens with one attached hydrogen (secondary N) is 4. The standard InChI is InChI=1S/C26H26ClN9O4/c1-35-14-17(11-31-35)16-8-18-19(12-29-23(18)28-10-16)25-33-34-26(40-25)32-21-3-2-15(9-20(21)27)24(38)30-13-22(37)36-4-6-39-7-5-36/h2-3,8-12,14,25,33H,4-7,13H2,1H3,(H,28,29)(H,30,38)(H,32,34). The number of morpholine rings is 1. The summed E-state index contributed by atoms with van der Waals surface area (Å²) in [4.78, 5) is 38.7. The number of benzene rings is 1. The molecule has 0 spiro atoms. The van der Waals surface area contributed by atoms with Crippen molar-refractivity contribution in [2.75, 3.05) is 32.8 Å². The van der Waals surface area contributed by atoms with Gasteiger partial charge in [0.25, 0.3) is 5.91 Å². The molecule has 0 saturated carbocycles. The molecule has 40 heavy (non-hydrogen) atoms. The molecule has 3 aromatic heterocycles. The number of fused-ring (bicyclic) bond motifs is 1. The Morgan fingerprint density at radius 2 is 2.05 bits per heavy atom. The fourth-order valence-electron chi connectivity index (χ4n) is 4.49. The van der Waals surface area contributed by atoms with E-state index in [1.54, 1.807) is 34.1 Å². The van der Waals surface area contributed by atoms with Crippen molar-refractivity contribution in [1.29, 1.82) is 0 Å². The summed E-state index contributed by atoms with van der Waals surface area (Å²) in [6.07, 6.45) is 6.80. The number of rotatable bonds is 6. The second kappa shape index (κ2) is 11.0. The molecule has 4 N–H and O–H groups in total. The monoisotopic (exact) mass is 563 g/mol. The number of pyridine rings is 1. The summed E-state index contributed by atoms with van der Waals surface area (Å²) < 4.78 is 13.0. The van der Waals surface area contributed by atoms with E-state index in [1.807, 2.05) is 25.5 Å². The van der Waals surface area contributed by atoms with Crippen LogP contribution in [0.3, 0.4) is 0 Å². The Morgan fingerprint density at radius 1 is 1.20 bits per heavy atom. The minimum Gasteiger partial charge on any atom is -0.439 e. The number of carbonyl (C=O) groups is 2. The van der Waals surface area contributed by atoms with Crippen LogP contribution in [-0.2, 0) is 21.3 Å². The largest absolute Gasteiger partial charge is 0.439 e. The number of hydrogen-bond donors (Lipinski definition) is 4. The lowest BCUT2D eigenvalue weighted by molar-refractivity contribution is -0.134. The molecule has 13 nitrogen and oxygen atoms in total. The maximum absolute atomic E-state index is 12.6. The van der Waals surface area contributed by atoms with Gasteiger partial charge < -0.3 is 24.7 Å². The number of amides is 2. The second-order valence-corrected chi connectivity index (χ2v) is 9.70. The van der Waals surface area contributed by atoms with Gasteiger partial charge in [-0.25, -0.2) is 4.98 Å². The van der Waals surface area contributed by atoms with Crippen molar-refractivity contribution in [3.05, 3.63) is 65.2 Å². The van der Waals surface area contributed by atoms with E-state index in [1.165, 1.54) is 6.07 Å². The molecular formula is C26H26ClN9O4. The molecule has 5 heterocycles. The molecular weight excluding hydrogens is 538 g/mol. The quantitative estimate of drug-likeness (QED) is 0.278. The van der Waals surface area contributed by atoms with Gasteiger partial charge in [0.05, 0.1) is 36.7 Å². The van der Waals surface area contributed by atoms with Crippen molar-refractivity contribution in [2.45, 2.75) is 6.23 Å². The van der Waals surface area contributed by atoms with Crippen LogP contribution in [0.25, 0.3) is 22.2 Å². The van der Waals surface area contributed by atoms with Crippen LogP contribution < -0.4 is 16.2 Å². The fourth-order valence-corrected chi connectivity index (χ4v) is 4.72. The van der Waals surface area contributed by atoms with Crippen LogP contribution in [0.5, 0.6) is 0 Å². The molecule has 2 saturated heterocycles. The van der Waals surface area contributed by atoms with E-state index in [9.17, 15) is 9.59 Å². The molecule has 2 amide bonds. The predicted octanol–water partition coefficient (Wildman–Crippen LogP) is 2.02. The van der Waals surface area contributed by atoms with E-state index in [4.69, 9.17) is 21.1 Å². The van der Waals surface area contributed by atoms with Crippen LogP contribution in [0.4, 0.5) is 5.69 Å². The highest BCUT2D eigenvalue weighted by atomic mass is 35.5. The van der Waals surface area contributed by atoms with Crippen LogP contribution in [0.1, 0.15) is 22.1 Å². The summed E-state index contributed by atoms with van der Waals surface area (Å²) in [7, 11) is 1.87. The molecule has 2 aliphatic rings. The highest BCUT2D eigenvalue weighted by molar-refractivity contribution is 6.33. The molecule has 0 bridgehead atoms. The third kappa shape index (κ3) is 5.34. The minimum absolute atomic E-state index is 0.0988. The van der Waals surface area contributed by atoms with Gasteiger partial charge in [0.2, 0.25) is 5.91 Å². The first-order valence-electron chi connectivity index (χ1n) is 12.6. The number of amidine groups is 1. The molecule has 0 aliphatic carbocycles. The Bertz CT molecular complexity index is 1610. The molecule has 6 rings (SSSR count). The number of aromatic amines is 1. The third-order valence-corrected chi connectivity index (χ3v) is 6.92. The molecule has 1 aromatic carbocycles. The van der Waals surface area contributed by atoms with Gasteiger partial charge in [0, 0.05) is 66.4 Å². The summed E-state index contributed by atoms with van der Waals surface area (Å²) in [5.41, 5.74) is 10.2. The van der Waals surface area contributed by atoms with Gasteiger partial charge in [-0.15, -0.1) is 0 Å². The molecule has 2 fully saturated rings. The number of H-pyrrole nitrogens is 1. The van der Waals surface area contributed by atoms with Crippen LogP contribution in [0, 0.1) is 0 Å². The number of ether oxygens (including phenoxy) is 2. The number of hydrazine groups is 1. The van der Waals surface area contributed by atoms with Crippen molar-refractivity contribution in [3.63, 3.8) is 0 Å². The molecule has 1 unspecified atom stereocenters. The number of nitrogens with zero attached hydrogens (tertiary/aromatic N) is 5.